The quantitative estimate of drug-likeness (QED) is 0.720. The monoisotopic (exact) mass is 260 g/mol. The summed E-state index contributed by atoms with van der Waals surface area (Å²) in [6, 6.07) is 10.7. The van der Waals surface area contributed by atoms with Gasteiger partial charge in [-0.25, -0.2) is 0 Å². The van der Waals surface area contributed by atoms with Crippen LogP contribution in [0, 0.1) is 11.3 Å². The van der Waals surface area contributed by atoms with E-state index in [1.54, 1.807) is 7.11 Å². The topological polar surface area (TPSA) is 36.3 Å². The highest BCUT2D eigenvalue weighted by molar-refractivity contribution is 5.37. The Bertz CT molecular complexity index is 407. The average Bonchev–Trinajstić information content (AvgIpc) is 2.46. The van der Waals surface area contributed by atoms with Gasteiger partial charge in [0, 0.05) is 26.2 Å². The molecule has 0 fully saturated rings. The van der Waals surface area contributed by atoms with Crippen molar-refractivity contribution in [1.82, 2.24) is 4.90 Å². The van der Waals surface area contributed by atoms with Crippen LogP contribution in [0.4, 0.5) is 0 Å². The molecular weight excluding hydrogens is 236 g/mol. The number of nitriles is 1. The lowest BCUT2D eigenvalue weighted by Crippen LogP contribution is -2.36. The van der Waals surface area contributed by atoms with Crippen molar-refractivity contribution in [2.75, 3.05) is 20.3 Å². The molecule has 0 aromatic heterocycles. The van der Waals surface area contributed by atoms with Gasteiger partial charge in [-0.3, -0.25) is 4.90 Å². The molecule has 104 valence electrons. The number of rotatable bonds is 8. The van der Waals surface area contributed by atoms with E-state index in [-0.39, 0.29) is 0 Å². The zero-order chi connectivity index (χ0) is 14.1. The minimum absolute atomic E-state index is 0.543. The maximum Gasteiger partial charge on any atom is 0.0995 e. The van der Waals surface area contributed by atoms with Crippen molar-refractivity contribution in [3.8, 4) is 6.07 Å². The first-order valence-corrected chi connectivity index (χ1v) is 6.97. The van der Waals surface area contributed by atoms with Gasteiger partial charge in [0.05, 0.1) is 18.2 Å². The Balaban J connectivity index is 2.84. The van der Waals surface area contributed by atoms with E-state index in [4.69, 9.17) is 10.00 Å². The standard InChI is InChI=1S/C16H24N2O/c1-4-16(5-2)18(10-11-19-3)13-15-9-7-6-8-14(15)12-17/h6-9,16H,4-5,10-11,13H2,1-3H3. The molecule has 19 heavy (non-hydrogen) atoms. The lowest BCUT2D eigenvalue weighted by molar-refractivity contribution is 0.110. The molecule has 0 atom stereocenters. The maximum absolute atomic E-state index is 9.17. The van der Waals surface area contributed by atoms with E-state index in [2.05, 4.69) is 24.8 Å². The van der Waals surface area contributed by atoms with E-state index in [0.29, 0.717) is 6.04 Å². The SMILES string of the molecule is CCC(CC)N(CCOC)Cc1ccccc1C#N. The van der Waals surface area contributed by atoms with Crippen LogP contribution in [-0.4, -0.2) is 31.2 Å². The molecule has 1 aromatic carbocycles. The molecule has 3 heteroatoms. The fraction of sp³-hybridized carbons (Fsp3) is 0.562. The Kier molecular flexibility index (Phi) is 7.17. The third kappa shape index (κ3) is 4.66. The Hall–Kier alpha value is -1.37. The first-order valence-electron chi connectivity index (χ1n) is 6.97. The zero-order valence-corrected chi connectivity index (χ0v) is 12.2. The van der Waals surface area contributed by atoms with Crippen LogP contribution in [0.2, 0.25) is 0 Å². The number of benzene rings is 1. The van der Waals surface area contributed by atoms with Gasteiger partial charge in [-0.05, 0) is 24.5 Å². The maximum atomic E-state index is 9.17. The van der Waals surface area contributed by atoms with E-state index in [9.17, 15) is 0 Å². The van der Waals surface area contributed by atoms with Crippen LogP contribution in [0.3, 0.4) is 0 Å². The smallest absolute Gasteiger partial charge is 0.0995 e. The molecule has 0 aliphatic carbocycles. The summed E-state index contributed by atoms with van der Waals surface area (Å²) in [4.78, 5) is 2.42. The van der Waals surface area contributed by atoms with E-state index >= 15 is 0 Å². The largest absolute Gasteiger partial charge is 0.383 e. The predicted molar refractivity (Wildman–Crippen MR) is 77.8 cm³/mol. The summed E-state index contributed by atoms with van der Waals surface area (Å²) in [5.74, 6) is 0. The van der Waals surface area contributed by atoms with Crippen molar-refractivity contribution in [2.45, 2.75) is 39.3 Å². The molecular formula is C16H24N2O. The molecule has 0 radical (unpaired) electrons. The number of nitrogens with zero attached hydrogens (tertiary/aromatic N) is 2. The summed E-state index contributed by atoms with van der Waals surface area (Å²) in [5.41, 5.74) is 1.88. The summed E-state index contributed by atoms with van der Waals surface area (Å²) < 4.78 is 5.20. The second-order valence-electron chi connectivity index (χ2n) is 4.70. The molecule has 0 aliphatic rings. The second kappa shape index (κ2) is 8.68. The normalized spacial score (nSPS) is 10.9. The summed E-state index contributed by atoms with van der Waals surface area (Å²) in [6.07, 6.45) is 2.24. The Labute approximate surface area is 116 Å². The van der Waals surface area contributed by atoms with Gasteiger partial charge in [-0.1, -0.05) is 32.0 Å². The number of ether oxygens (including phenoxy) is 1. The Morgan fingerprint density at radius 1 is 1.26 bits per heavy atom. The highest BCUT2D eigenvalue weighted by Gasteiger charge is 2.16. The summed E-state index contributed by atoms with van der Waals surface area (Å²) in [5, 5.41) is 9.17. The molecule has 0 bridgehead atoms. The van der Waals surface area contributed by atoms with Crippen LogP contribution >= 0.6 is 0 Å². The molecule has 0 heterocycles. The van der Waals surface area contributed by atoms with E-state index < -0.39 is 0 Å². The Morgan fingerprint density at radius 2 is 1.95 bits per heavy atom. The molecule has 0 unspecified atom stereocenters. The molecule has 0 saturated carbocycles. The number of hydrogen-bond donors (Lipinski definition) is 0. The predicted octanol–water partition coefficient (Wildman–Crippen LogP) is 3.20. The Morgan fingerprint density at radius 3 is 2.53 bits per heavy atom. The van der Waals surface area contributed by atoms with Gasteiger partial charge in [-0.2, -0.15) is 5.26 Å². The van der Waals surface area contributed by atoms with Crippen molar-refractivity contribution in [1.29, 1.82) is 5.26 Å². The van der Waals surface area contributed by atoms with Crippen molar-refractivity contribution < 1.29 is 4.74 Å². The fourth-order valence-electron chi connectivity index (χ4n) is 2.39. The van der Waals surface area contributed by atoms with Crippen molar-refractivity contribution in [2.24, 2.45) is 0 Å². The van der Waals surface area contributed by atoms with Crippen molar-refractivity contribution in [3.05, 3.63) is 35.4 Å². The summed E-state index contributed by atoms with van der Waals surface area (Å²) >= 11 is 0. The molecule has 0 saturated heterocycles. The summed E-state index contributed by atoms with van der Waals surface area (Å²) in [6.45, 7) is 6.88. The van der Waals surface area contributed by atoms with Crippen molar-refractivity contribution >= 4 is 0 Å². The first kappa shape index (κ1) is 15.7. The lowest BCUT2D eigenvalue weighted by atomic mass is 10.1. The minimum atomic E-state index is 0.543. The van der Waals surface area contributed by atoms with Gasteiger partial charge in [0.1, 0.15) is 0 Å². The van der Waals surface area contributed by atoms with Crippen LogP contribution in [0.1, 0.15) is 37.8 Å². The highest BCUT2D eigenvalue weighted by atomic mass is 16.5. The van der Waals surface area contributed by atoms with Crippen LogP contribution in [-0.2, 0) is 11.3 Å². The minimum Gasteiger partial charge on any atom is -0.383 e. The molecule has 0 N–H and O–H groups in total. The zero-order valence-electron chi connectivity index (χ0n) is 12.2. The molecule has 1 aromatic rings. The fourth-order valence-corrected chi connectivity index (χ4v) is 2.39. The van der Waals surface area contributed by atoms with Gasteiger partial charge in [0.25, 0.3) is 0 Å². The summed E-state index contributed by atoms with van der Waals surface area (Å²) in [7, 11) is 1.73. The second-order valence-corrected chi connectivity index (χ2v) is 4.70. The van der Waals surface area contributed by atoms with E-state index in [1.165, 1.54) is 0 Å². The molecule has 0 aliphatic heterocycles. The van der Waals surface area contributed by atoms with Gasteiger partial charge in [0.15, 0.2) is 0 Å². The van der Waals surface area contributed by atoms with E-state index in [1.807, 2.05) is 24.3 Å². The van der Waals surface area contributed by atoms with Gasteiger partial charge >= 0.3 is 0 Å². The van der Waals surface area contributed by atoms with Crippen LogP contribution in [0.5, 0.6) is 0 Å². The molecule has 0 spiro atoms. The average molecular weight is 260 g/mol. The molecule has 0 amide bonds. The third-order valence-corrected chi connectivity index (χ3v) is 3.55. The van der Waals surface area contributed by atoms with Crippen molar-refractivity contribution in [3.63, 3.8) is 0 Å². The number of hydrogen-bond acceptors (Lipinski definition) is 3. The van der Waals surface area contributed by atoms with Crippen LogP contribution < -0.4 is 0 Å². The number of methoxy groups -OCH3 is 1. The molecule has 1 rings (SSSR count). The van der Waals surface area contributed by atoms with Crippen LogP contribution in [0.25, 0.3) is 0 Å². The first-order chi connectivity index (χ1) is 9.26. The van der Waals surface area contributed by atoms with Gasteiger partial charge in [0.2, 0.25) is 0 Å². The van der Waals surface area contributed by atoms with E-state index in [0.717, 1.165) is 43.7 Å². The van der Waals surface area contributed by atoms with Crippen LogP contribution in [0.15, 0.2) is 24.3 Å². The third-order valence-electron chi connectivity index (χ3n) is 3.55. The highest BCUT2D eigenvalue weighted by Crippen LogP contribution is 2.16. The lowest BCUT2D eigenvalue weighted by Gasteiger charge is -2.30. The van der Waals surface area contributed by atoms with Gasteiger partial charge < -0.3 is 4.74 Å². The van der Waals surface area contributed by atoms with Gasteiger partial charge in [-0.15, -0.1) is 0 Å². The molecule has 3 nitrogen and oxygen atoms in total.